The molecule has 3 aromatic heterocycles. The van der Waals surface area contributed by atoms with Gasteiger partial charge in [-0.05, 0) is 48.1 Å². The summed E-state index contributed by atoms with van der Waals surface area (Å²) < 4.78 is 3.61. The lowest BCUT2D eigenvalue weighted by Gasteiger charge is -2.13. The predicted octanol–water partition coefficient (Wildman–Crippen LogP) is 1.62. The number of carbonyl (C=O) groups is 1. The molecule has 0 aliphatic heterocycles. The van der Waals surface area contributed by atoms with Gasteiger partial charge in [-0.3, -0.25) is 4.79 Å². The van der Waals surface area contributed by atoms with Gasteiger partial charge in [-0.25, -0.2) is 4.98 Å². The van der Waals surface area contributed by atoms with Crippen molar-refractivity contribution >= 4 is 17.2 Å². The fraction of sp³-hybridized carbons (Fsp3) is 0.438. The number of amides is 1. The molecular formula is C16H19N7OS. The third kappa shape index (κ3) is 3.32. The van der Waals surface area contributed by atoms with Crippen molar-refractivity contribution < 1.29 is 4.79 Å². The first-order valence-electron chi connectivity index (χ1n) is 8.45. The maximum absolute atomic E-state index is 12.8. The van der Waals surface area contributed by atoms with Crippen LogP contribution in [-0.2, 0) is 19.4 Å². The molecule has 0 atom stereocenters. The van der Waals surface area contributed by atoms with Crippen molar-refractivity contribution in [2.45, 2.75) is 38.6 Å². The van der Waals surface area contributed by atoms with Gasteiger partial charge in [0.25, 0.3) is 5.91 Å². The van der Waals surface area contributed by atoms with Gasteiger partial charge in [-0.2, -0.15) is 4.68 Å². The first kappa shape index (κ1) is 15.9. The fourth-order valence-corrected chi connectivity index (χ4v) is 4.47. The number of hydrogen-bond acceptors (Lipinski definition) is 6. The van der Waals surface area contributed by atoms with Crippen LogP contribution in [-0.4, -0.2) is 42.2 Å². The number of aryl methyl sites for hydroxylation is 2. The minimum absolute atomic E-state index is 0.0319. The third-order valence-corrected chi connectivity index (χ3v) is 5.66. The van der Waals surface area contributed by atoms with Gasteiger partial charge >= 0.3 is 0 Å². The van der Waals surface area contributed by atoms with E-state index in [1.165, 1.54) is 16.9 Å². The highest BCUT2D eigenvalue weighted by molar-refractivity contribution is 7.15. The van der Waals surface area contributed by atoms with E-state index in [4.69, 9.17) is 0 Å². The molecule has 0 saturated heterocycles. The van der Waals surface area contributed by atoms with E-state index in [2.05, 4.69) is 25.8 Å². The Morgan fingerprint density at radius 1 is 1.28 bits per heavy atom. The third-order valence-electron chi connectivity index (χ3n) is 4.37. The average Bonchev–Trinajstić information content (AvgIpc) is 3.38. The molecular weight excluding hydrogens is 338 g/mol. The maximum atomic E-state index is 12.8. The van der Waals surface area contributed by atoms with Gasteiger partial charge in [0.2, 0.25) is 0 Å². The monoisotopic (exact) mass is 357 g/mol. The van der Waals surface area contributed by atoms with E-state index in [1.807, 2.05) is 10.8 Å². The Labute approximate surface area is 148 Å². The van der Waals surface area contributed by atoms with Gasteiger partial charge in [0.15, 0.2) is 0 Å². The topological polar surface area (TPSA) is 90.5 Å². The van der Waals surface area contributed by atoms with Gasteiger partial charge in [0.1, 0.15) is 11.3 Å². The molecule has 0 saturated carbocycles. The molecule has 4 rings (SSSR count). The standard InChI is InChI=1S/C16H19N7OS/c24-15(18-6-3-8-22-9-7-17-10-22)14-12-4-1-2-5-13(12)25-16(14)23-11-19-20-21-23/h7,9-11H,1-6,8H2,(H,18,24). The molecule has 0 unspecified atom stereocenters. The number of imidazole rings is 1. The van der Waals surface area contributed by atoms with Crippen LogP contribution >= 0.6 is 11.3 Å². The molecule has 8 nitrogen and oxygen atoms in total. The molecule has 3 heterocycles. The van der Waals surface area contributed by atoms with Crippen molar-refractivity contribution in [1.82, 2.24) is 35.1 Å². The molecule has 1 amide bonds. The molecule has 0 aromatic carbocycles. The van der Waals surface area contributed by atoms with Crippen molar-refractivity contribution in [2.75, 3.05) is 6.54 Å². The fourth-order valence-electron chi connectivity index (χ4n) is 3.17. The summed E-state index contributed by atoms with van der Waals surface area (Å²) in [6.07, 6.45) is 12.2. The van der Waals surface area contributed by atoms with Crippen LogP contribution in [0.25, 0.3) is 5.00 Å². The van der Waals surface area contributed by atoms with Crippen LogP contribution in [0.5, 0.6) is 0 Å². The van der Waals surface area contributed by atoms with Crippen molar-refractivity contribution in [3.8, 4) is 5.00 Å². The molecule has 9 heteroatoms. The molecule has 3 aromatic rings. The largest absolute Gasteiger partial charge is 0.352 e. The van der Waals surface area contributed by atoms with E-state index in [9.17, 15) is 4.79 Å². The van der Waals surface area contributed by atoms with Gasteiger partial charge in [-0.15, -0.1) is 16.4 Å². The second kappa shape index (κ2) is 7.14. The van der Waals surface area contributed by atoms with E-state index in [1.54, 1.807) is 34.9 Å². The Balaban J connectivity index is 1.50. The quantitative estimate of drug-likeness (QED) is 0.677. The van der Waals surface area contributed by atoms with E-state index >= 15 is 0 Å². The minimum atomic E-state index is -0.0319. The summed E-state index contributed by atoms with van der Waals surface area (Å²) in [5, 5.41) is 15.3. The first-order valence-corrected chi connectivity index (χ1v) is 9.26. The smallest absolute Gasteiger partial charge is 0.254 e. The first-order chi connectivity index (χ1) is 12.3. The van der Waals surface area contributed by atoms with Crippen LogP contribution in [0.2, 0.25) is 0 Å². The Bertz CT molecular complexity index is 838. The van der Waals surface area contributed by atoms with E-state index < -0.39 is 0 Å². The molecule has 130 valence electrons. The normalized spacial score (nSPS) is 13.6. The lowest BCUT2D eigenvalue weighted by molar-refractivity contribution is 0.0952. The molecule has 1 N–H and O–H groups in total. The second-order valence-electron chi connectivity index (χ2n) is 6.06. The van der Waals surface area contributed by atoms with Crippen LogP contribution in [0.4, 0.5) is 0 Å². The zero-order chi connectivity index (χ0) is 17.1. The number of aromatic nitrogens is 6. The number of carbonyl (C=O) groups excluding carboxylic acids is 1. The summed E-state index contributed by atoms with van der Waals surface area (Å²) in [4.78, 5) is 18.2. The van der Waals surface area contributed by atoms with Crippen LogP contribution in [0.1, 0.15) is 40.1 Å². The van der Waals surface area contributed by atoms with Gasteiger partial charge in [-0.1, -0.05) is 0 Å². The highest BCUT2D eigenvalue weighted by Crippen LogP contribution is 2.36. The Hall–Kier alpha value is -2.55. The summed E-state index contributed by atoms with van der Waals surface area (Å²) in [6.45, 7) is 1.46. The minimum Gasteiger partial charge on any atom is -0.352 e. The predicted molar refractivity (Wildman–Crippen MR) is 92.9 cm³/mol. The summed E-state index contributed by atoms with van der Waals surface area (Å²) in [6, 6.07) is 0. The average molecular weight is 357 g/mol. The highest BCUT2D eigenvalue weighted by atomic mass is 32.1. The molecule has 1 aliphatic carbocycles. The van der Waals surface area contributed by atoms with Crippen molar-refractivity contribution in [1.29, 1.82) is 0 Å². The number of nitrogens with one attached hydrogen (secondary N) is 1. The molecule has 25 heavy (non-hydrogen) atoms. The molecule has 0 fully saturated rings. The summed E-state index contributed by atoms with van der Waals surface area (Å²) in [5.41, 5.74) is 1.92. The Kier molecular flexibility index (Phi) is 4.55. The van der Waals surface area contributed by atoms with Crippen molar-refractivity contribution in [3.63, 3.8) is 0 Å². The van der Waals surface area contributed by atoms with E-state index in [0.29, 0.717) is 6.54 Å². The van der Waals surface area contributed by atoms with Crippen molar-refractivity contribution in [2.24, 2.45) is 0 Å². The number of fused-ring (bicyclic) bond motifs is 1. The number of nitrogens with zero attached hydrogens (tertiary/aromatic N) is 6. The van der Waals surface area contributed by atoms with Crippen LogP contribution < -0.4 is 5.32 Å². The lowest BCUT2D eigenvalue weighted by Crippen LogP contribution is -2.27. The van der Waals surface area contributed by atoms with Gasteiger partial charge < -0.3 is 9.88 Å². The summed E-state index contributed by atoms with van der Waals surface area (Å²) in [5.74, 6) is -0.0319. The zero-order valence-corrected chi connectivity index (χ0v) is 14.6. The molecule has 0 radical (unpaired) electrons. The summed E-state index contributed by atoms with van der Waals surface area (Å²) >= 11 is 1.63. The maximum Gasteiger partial charge on any atom is 0.254 e. The number of thiophene rings is 1. The van der Waals surface area contributed by atoms with Crippen LogP contribution in [0, 0.1) is 0 Å². The lowest BCUT2D eigenvalue weighted by atomic mass is 9.95. The van der Waals surface area contributed by atoms with Gasteiger partial charge in [0, 0.05) is 30.4 Å². The van der Waals surface area contributed by atoms with E-state index in [-0.39, 0.29) is 5.91 Å². The number of tetrazole rings is 1. The SMILES string of the molecule is O=C(NCCCn1ccnc1)c1c(-n2cnnn2)sc2c1CCCC2. The van der Waals surface area contributed by atoms with E-state index in [0.717, 1.165) is 42.8 Å². The Morgan fingerprint density at radius 3 is 3.00 bits per heavy atom. The van der Waals surface area contributed by atoms with Crippen molar-refractivity contribution in [3.05, 3.63) is 41.1 Å². The second-order valence-corrected chi connectivity index (χ2v) is 7.14. The number of rotatable bonds is 6. The van der Waals surface area contributed by atoms with Gasteiger partial charge in [0.05, 0.1) is 11.9 Å². The molecule has 0 spiro atoms. The number of hydrogen-bond donors (Lipinski definition) is 1. The van der Waals surface area contributed by atoms with Crippen LogP contribution in [0.3, 0.4) is 0 Å². The Morgan fingerprint density at radius 2 is 2.20 bits per heavy atom. The molecule has 0 bridgehead atoms. The zero-order valence-electron chi connectivity index (χ0n) is 13.8. The highest BCUT2D eigenvalue weighted by Gasteiger charge is 2.26. The molecule has 1 aliphatic rings. The van der Waals surface area contributed by atoms with Crippen LogP contribution in [0.15, 0.2) is 25.0 Å². The summed E-state index contributed by atoms with van der Waals surface area (Å²) in [7, 11) is 0.